The summed E-state index contributed by atoms with van der Waals surface area (Å²) in [5.41, 5.74) is 4.58. The molecular weight excluding hydrogens is 456 g/mol. The summed E-state index contributed by atoms with van der Waals surface area (Å²) < 4.78 is 5.67. The second kappa shape index (κ2) is 9.83. The highest BCUT2D eigenvalue weighted by Crippen LogP contribution is 2.25. The average Bonchev–Trinajstić information content (AvgIpc) is 3.28. The van der Waals surface area contributed by atoms with Gasteiger partial charge in [-0.15, -0.1) is 0 Å². The predicted molar refractivity (Wildman–Crippen MR) is 137 cm³/mol. The summed E-state index contributed by atoms with van der Waals surface area (Å²) in [7, 11) is 0. The number of pyridine rings is 1. The molecule has 4 aromatic rings. The third-order valence-corrected chi connectivity index (χ3v) is 6.32. The Kier molecular flexibility index (Phi) is 6.43. The molecule has 36 heavy (non-hydrogen) atoms. The number of carbonyl (C=O) groups excluding carboxylic acids is 2. The molecule has 8 nitrogen and oxygen atoms in total. The van der Waals surface area contributed by atoms with Gasteiger partial charge in [-0.1, -0.05) is 12.1 Å². The van der Waals surface area contributed by atoms with E-state index in [1.165, 1.54) is 6.07 Å². The van der Waals surface area contributed by atoms with Crippen molar-refractivity contribution in [1.82, 2.24) is 14.8 Å². The van der Waals surface area contributed by atoms with Crippen molar-refractivity contribution in [3.05, 3.63) is 88.9 Å². The number of furan rings is 1. The Hall–Kier alpha value is -4.17. The summed E-state index contributed by atoms with van der Waals surface area (Å²) >= 11 is 0. The fraction of sp³-hybridized carbons (Fsp3) is 0.250. The van der Waals surface area contributed by atoms with Crippen LogP contribution in [0.5, 0.6) is 5.75 Å². The van der Waals surface area contributed by atoms with Crippen molar-refractivity contribution in [1.29, 1.82) is 0 Å². The Bertz CT molecular complexity index is 1400. The van der Waals surface area contributed by atoms with Crippen molar-refractivity contribution in [2.24, 2.45) is 0 Å². The Labute approximate surface area is 209 Å². The van der Waals surface area contributed by atoms with E-state index >= 15 is 0 Å². The SMILES string of the molecule is Cc1cc(C)nc(C(=O)Nc2ccc(CN3CCN(C(=O)c4cc5ccc(O)cc5o4)CC3)cc2)c1. The Morgan fingerprint density at radius 1 is 0.972 bits per heavy atom. The van der Waals surface area contributed by atoms with Gasteiger partial charge in [0.15, 0.2) is 5.76 Å². The van der Waals surface area contributed by atoms with Gasteiger partial charge in [-0.2, -0.15) is 0 Å². The van der Waals surface area contributed by atoms with Crippen LogP contribution in [0, 0.1) is 13.8 Å². The van der Waals surface area contributed by atoms with E-state index in [9.17, 15) is 14.7 Å². The third-order valence-electron chi connectivity index (χ3n) is 6.32. The molecule has 2 aromatic heterocycles. The zero-order chi connectivity index (χ0) is 25.2. The van der Waals surface area contributed by atoms with Crippen LogP contribution in [-0.2, 0) is 6.54 Å². The van der Waals surface area contributed by atoms with Crippen molar-refractivity contribution in [3.63, 3.8) is 0 Å². The van der Waals surface area contributed by atoms with Gasteiger partial charge < -0.3 is 19.7 Å². The molecule has 3 heterocycles. The lowest BCUT2D eigenvalue weighted by molar-refractivity contribution is 0.0600. The van der Waals surface area contributed by atoms with Crippen LogP contribution in [0.1, 0.15) is 37.9 Å². The van der Waals surface area contributed by atoms with Gasteiger partial charge in [-0.05, 0) is 67.4 Å². The number of anilines is 1. The molecule has 2 amide bonds. The fourth-order valence-electron chi connectivity index (χ4n) is 4.49. The molecule has 0 bridgehead atoms. The van der Waals surface area contributed by atoms with Crippen LogP contribution in [-0.4, -0.2) is 57.9 Å². The number of phenolic OH excluding ortho intramolecular Hbond substituents is 1. The third kappa shape index (κ3) is 5.23. The molecule has 0 aliphatic carbocycles. The van der Waals surface area contributed by atoms with Gasteiger partial charge in [0.2, 0.25) is 0 Å². The number of nitrogens with one attached hydrogen (secondary N) is 1. The highest BCUT2D eigenvalue weighted by Gasteiger charge is 2.24. The zero-order valence-corrected chi connectivity index (χ0v) is 20.3. The van der Waals surface area contributed by atoms with Crippen LogP contribution in [0.3, 0.4) is 0 Å². The smallest absolute Gasteiger partial charge is 0.289 e. The number of aromatic hydroxyl groups is 1. The van der Waals surface area contributed by atoms with Gasteiger partial charge in [0, 0.05) is 55.6 Å². The topological polar surface area (TPSA) is 98.9 Å². The maximum atomic E-state index is 12.9. The van der Waals surface area contributed by atoms with Crippen LogP contribution in [0.25, 0.3) is 11.0 Å². The maximum Gasteiger partial charge on any atom is 0.289 e. The van der Waals surface area contributed by atoms with Gasteiger partial charge in [-0.3, -0.25) is 14.5 Å². The monoisotopic (exact) mass is 484 g/mol. The average molecular weight is 485 g/mol. The molecule has 1 fully saturated rings. The van der Waals surface area contributed by atoms with Crippen LogP contribution in [0.2, 0.25) is 0 Å². The first kappa shape index (κ1) is 23.6. The number of benzene rings is 2. The molecule has 2 N–H and O–H groups in total. The molecule has 1 aliphatic rings. The number of rotatable bonds is 5. The van der Waals surface area contributed by atoms with Gasteiger partial charge in [-0.25, -0.2) is 4.98 Å². The predicted octanol–water partition coefficient (Wildman–Crippen LogP) is 4.36. The molecule has 1 aliphatic heterocycles. The molecule has 0 spiro atoms. The second-order valence-electron chi connectivity index (χ2n) is 9.22. The molecule has 1 saturated heterocycles. The van der Waals surface area contributed by atoms with Gasteiger partial charge in [0.25, 0.3) is 11.8 Å². The van der Waals surface area contributed by atoms with Gasteiger partial charge in [0.1, 0.15) is 17.0 Å². The molecule has 0 unspecified atom stereocenters. The van der Waals surface area contributed by atoms with Crippen molar-refractivity contribution in [2.45, 2.75) is 20.4 Å². The van der Waals surface area contributed by atoms with E-state index in [0.717, 1.165) is 47.5 Å². The number of phenols is 1. The summed E-state index contributed by atoms with van der Waals surface area (Å²) in [6.45, 7) is 7.31. The molecule has 8 heteroatoms. The van der Waals surface area contributed by atoms with E-state index in [1.807, 2.05) is 44.2 Å². The van der Waals surface area contributed by atoms with E-state index < -0.39 is 0 Å². The standard InChI is InChI=1S/C28H28N4O4/c1-18-13-19(2)29-24(14-18)27(34)30-22-6-3-20(4-7-22)17-31-9-11-32(12-10-31)28(35)26-15-21-5-8-23(33)16-25(21)36-26/h3-8,13-16,33H,9-12,17H2,1-2H3,(H,30,34). The summed E-state index contributed by atoms with van der Waals surface area (Å²) in [6, 6.07) is 18.1. The molecule has 0 radical (unpaired) electrons. The van der Waals surface area contributed by atoms with E-state index in [4.69, 9.17) is 4.42 Å². The maximum absolute atomic E-state index is 12.9. The summed E-state index contributed by atoms with van der Waals surface area (Å²) in [6.07, 6.45) is 0. The second-order valence-corrected chi connectivity index (χ2v) is 9.22. The number of carbonyl (C=O) groups is 2. The number of fused-ring (bicyclic) bond motifs is 1. The largest absolute Gasteiger partial charge is 0.508 e. The molecule has 5 rings (SSSR count). The van der Waals surface area contributed by atoms with Crippen molar-refractivity contribution in [3.8, 4) is 5.75 Å². The molecule has 0 atom stereocenters. The van der Waals surface area contributed by atoms with E-state index in [1.54, 1.807) is 29.2 Å². The Balaban J connectivity index is 1.14. The van der Waals surface area contributed by atoms with E-state index in [0.29, 0.717) is 24.4 Å². The first-order chi connectivity index (χ1) is 17.3. The minimum atomic E-state index is -0.225. The van der Waals surface area contributed by atoms with Crippen molar-refractivity contribution >= 4 is 28.5 Å². The quantitative estimate of drug-likeness (QED) is 0.437. The van der Waals surface area contributed by atoms with Crippen LogP contribution >= 0.6 is 0 Å². The Morgan fingerprint density at radius 3 is 2.44 bits per heavy atom. The number of nitrogens with zero attached hydrogens (tertiary/aromatic N) is 3. The number of hydrogen-bond donors (Lipinski definition) is 2. The fourth-order valence-corrected chi connectivity index (χ4v) is 4.49. The van der Waals surface area contributed by atoms with Crippen molar-refractivity contribution in [2.75, 3.05) is 31.5 Å². The Morgan fingerprint density at radius 2 is 1.72 bits per heavy atom. The first-order valence-electron chi connectivity index (χ1n) is 11.9. The molecule has 184 valence electrons. The van der Waals surface area contributed by atoms with Crippen LogP contribution in [0.4, 0.5) is 5.69 Å². The highest BCUT2D eigenvalue weighted by molar-refractivity contribution is 6.03. The minimum Gasteiger partial charge on any atom is -0.508 e. The lowest BCUT2D eigenvalue weighted by Gasteiger charge is -2.34. The summed E-state index contributed by atoms with van der Waals surface area (Å²) in [5.74, 6) is 0.0382. The number of aromatic nitrogens is 1. The van der Waals surface area contributed by atoms with Crippen molar-refractivity contribution < 1.29 is 19.1 Å². The molecule has 2 aromatic carbocycles. The van der Waals surface area contributed by atoms with Crippen LogP contribution < -0.4 is 5.32 Å². The number of aryl methyl sites for hydroxylation is 2. The molecular formula is C28H28N4O4. The number of piperazine rings is 1. The van der Waals surface area contributed by atoms with E-state index in [-0.39, 0.29) is 23.3 Å². The van der Waals surface area contributed by atoms with Gasteiger partial charge in [0.05, 0.1) is 0 Å². The van der Waals surface area contributed by atoms with Gasteiger partial charge >= 0.3 is 0 Å². The summed E-state index contributed by atoms with van der Waals surface area (Å²) in [4.78, 5) is 33.9. The lowest BCUT2D eigenvalue weighted by Crippen LogP contribution is -2.48. The zero-order valence-electron chi connectivity index (χ0n) is 20.3. The number of hydrogen-bond acceptors (Lipinski definition) is 6. The minimum absolute atomic E-state index is 0.109. The first-order valence-corrected chi connectivity index (χ1v) is 11.9. The normalized spacial score (nSPS) is 14.2. The van der Waals surface area contributed by atoms with Crippen LogP contribution in [0.15, 0.2) is 65.1 Å². The number of amides is 2. The highest BCUT2D eigenvalue weighted by atomic mass is 16.3. The van der Waals surface area contributed by atoms with E-state index in [2.05, 4.69) is 15.2 Å². The molecule has 0 saturated carbocycles. The summed E-state index contributed by atoms with van der Waals surface area (Å²) in [5, 5.41) is 13.3. The lowest BCUT2D eigenvalue weighted by atomic mass is 10.1.